The molecule has 0 bridgehead atoms. The lowest BCUT2D eigenvalue weighted by atomic mass is 10.2. The number of amides is 1. The molecule has 0 aliphatic carbocycles. The second-order valence-electron chi connectivity index (χ2n) is 7.71. The van der Waals surface area contributed by atoms with Gasteiger partial charge in [-0.25, -0.2) is 18.1 Å². The molecule has 1 fully saturated rings. The second kappa shape index (κ2) is 9.26. The molecule has 0 atom stereocenters. The van der Waals surface area contributed by atoms with Crippen LogP contribution < -0.4 is 10.1 Å². The maximum absolute atomic E-state index is 13.0. The van der Waals surface area contributed by atoms with E-state index < -0.39 is 15.9 Å². The number of sulfonamides is 1. The lowest BCUT2D eigenvalue weighted by molar-refractivity contribution is -0.118. The number of benzene rings is 1. The molecule has 2 aromatic heterocycles. The highest BCUT2D eigenvalue weighted by atomic mass is 35.5. The third kappa shape index (κ3) is 4.81. The summed E-state index contributed by atoms with van der Waals surface area (Å²) in [4.78, 5) is 16.9. The second-order valence-corrected chi connectivity index (χ2v) is 10.0. The van der Waals surface area contributed by atoms with Gasteiger partial charge in [-0.2, -0.15) is 4.31 Å². The van der Waals surface area contributed by atoms with Gasteiger partial charge in [-0.3, -0.25) is 4.79 Å². The molecule has 1 aliphatic heterocycles. The normalized spacial score (nSPS) is 15.0. The zero-order chi connectivity index (χ0) is 23.8. The Labute approximate surface area is 196 Å². The van der Waals surface area contributed by atoms with Gasteiger partial charge in [0.05, 0.1) is 23.6 Å². The smallest absolute Gasteiger partial charge is 0.262 e. The molecule has 0 saturated carbocycles. The van der Waals surface area contributed by atoms with Gasteiger partial charge in [0.25, 0.3) is 5.91 Å². The van der Waals surface area contributed by atoms with Crippen LogP contribution in [-0.2, 0) is 26.6 Å². The molecular weight excluding hydrogens is 470 g/mol. The van der Waals surface area contributed by atoms with Crippen molar-refractivity contribution in [2.75, 3.05) is 38.2 Å². The van der Waals surface area contributed by atoms with Crippen LogP contribution in [0.25, 0.3) is 11.0 Å². The number of hydrogen-bond acceptors (Lipinski definition) is 7. The Kier molecular flexibility index (Phi) is 6.57. The maximum Gasteiger partial charge on any atom is 0.262 e. The van der Waals surface area contributed by atoms with Crippen molar-refractivity contribution in [3.8, 4) is 5.88 Å². The Morgan fingerprint density at radius 3 is 2.70 bits per heavy atom. The number of morpholine rings is 1. The zero-order valence-electron chi connectivity index (χ0n) is 18.5. The number of halogens is 1. The lowest BCUT2D eigenvalue weighted by Gasteiger charge is -2.26. The van der Waals surface area contributed by atoms with E-state index in [9.17, 15) is 13.2 Å². The molecular formula is C21H24ClN5O5S. The van der Waals surface area contributed by atoms with E-state index in [0.717, 1.165) is 16.6 Å². The van der Waals surface area contributed by atoms with E-state index in [2.05, 4.69) is 15.4 Å². The molecule has 0 spiro atoms. The van der Waals surface area contributed by atoms with E-state index in [4.69, 9.17) is 21.1 Å². The summed E-state index contributed by atoms with van der Waals surface area (Å²) in [5.41, 5.74) is 2.76. The first-order valence-corrected chi connectivity index (χ1v) is 12.1. The highest BCUT2D eigenvalue weighted by Crippen LogP contribution is 2.29. The number of hydrogen-bond donors (Lipinski definition) is 1. The minimum absolute atomic E-state index is 0.0717. The third-order valence-electron chi connectivity index (χ3n) is 5.23. The molecule has 3 aromatic rings. The van der Waals surface area contributed by atoms with Crippen LogP contribution >= 0.6 is 11.6 Å². The molecule has 0 radical (unpaired) electrons. The van der Waals surface area contributed by atoms with Crippen molar-refractivity contribution < 1.29 is 22.7 Å². The molecule has 1 saturated heterocycles. The van der Waals surface area contributed by atoms with Crippen LogP contribution in [0.5, 0.6) is 5.88 Å². The number of nitrogens with one attached hydrogen (secondary N) is 1. The predicted molar refractivity (Wildman–Crippen MR) is 123 cm³/mol. The first kappa shape index (κ1) is 23.4. The number of aromatic nitrogens is 3. The minimum Gasteiger partial charge on any atom is -0.466 e. The minimum atomic E-state index is -3.82. The van der Waals surface area contributed by atoms with Gasteiger partial charge in [0.15, 0.2) is 12.3 Å². The Morgan fingerprint density at radius 2 is 1.97 bits per heavy atom. The summed E-state index contributed by atoms with van der Waals surface area (Å²) in [6.45, 7) is 4.64. The van der Waals surface area contributed by atoms with Crippen LogP contribution in [-0.4, -0.2) is 66.3 Å². The van der Waals surface area contributed by atoms with Crippen molar-refractivity contribution in [3.05, 3.63) is 40.5 Å². The van der Waals surface area contributed by atoms with Gasteiger partial charge < -0.3 is 14.8 Å². The molecule has 33 heavy (non-hydrogen) atoms. The number of carbonyl (C=O) groups excluding carboxylic acids is 1. The van der Waals surface area contributed by atoms with Crippen molar-refractivity contribution in [1.82, 2.24) is 19.1 Å². The fraction of sp³-hybridized carbons (Fsp3) is 0.381. The summed E-state index contributed by atoms with van der Waals surface area (Å²) < 4.78 is 39.7. The number of fused-ring (bicyclic) bond motifs is 1. The van der Waals surface area contributed by atoms with Crippen LogP contribution in [0.1, 0.15) is 11.3 Å². The standard InChI is InChI=1S/C21H24ClN5O5S/c1-13-10-14(2)23-20-19(13)21(25-26(20)3)32-12-18(28)24-15-4-5-16(22)17(11-15)33(29,30)27-6-8-31-9-7-27/h4-5,10-11H,6-9,12H2,1-3H3,(H,24,28). The number of pyridine rings is 1. The molecule has 176 valence electrons. The van der Waals surface area contributed by atoms with Gasteiger partial charge in [0.2, 0.25) is 15.9 Å². The molecule has 1 amide bonds. The highest BCUT2D eigenvalue weighted by Gasteiger charge is 2.28. The van der Waals surface area contributed by atoms with E-state index in [1.165, 1.54) is 22.5 Å². The average molecular weight is 494 g/mol. The number of ether oxygens (including phenoxy) is 2. The quantitative estimate of drug-likeness (QED) is 0.560. The van der Waals surface area contributed by atoms with E-state index in [1.54, 1.807) is 11.7 Å². The average Bonchev–Trinajstić information content (AvgIpc) is 3.10. The molecule has 0 unspecified atom stereocenters. The lowest BCUT2D eigenvalue weighted by Crippen LogP contribution is -2.40. The summed E-state index contributed by atoms with van der Waals surface area (Å²) >= 11 is 6.17. The van der Waals surface area contributed by atoms with Gasteiger partial charge >= 0.3 is 0 Å². The number of nitrogens with zero attached hydrogens (tertiary/aromatic N) is 4. The molecule has 1 aliphatic rings. The Morgan fingerprint density at radius 1 is 1.24 bits per heavy atom. The van der Waals surface area contributed by atoms with Gasteiger partial charge in [-0.1, -0.05) is 11.6 Å². The topological polar surface area (TPSA) is 116 Å². The fourth-order valence-corrected chi connectivity index (χ4v) is 5.59. The molecule has 12 heteroatoms. The molecule has 10 nitrogen and oxygen atoms in total. The van der Waals surface area contributed by atoms with E-state index in [-0.39, 0.29) is 29.6 Å². The first-order chi connectivity index (χ1) is 15.7. The summed E-state index contributed by atoms with van der Waals surface area (Å²) in [6, 6.07) is 6.24. The maximum atomic E-state index is 13.0. The fourth-order valence-electron chi connectivity index (χ4n) is 3.69. The molecule has 1 N–H and O–H groups in total. The van der Waals surface area contributed by atoms with Gasteiger partial charge in [-0.05, 0) is 43.7 Å². The van der Waals surface area contributed by atoms with Crippen molar-refractivity contribution in [3.63, 3.8) is 0 Å². The number of anilines is 1. The summed E-state index contributed by atoms with van der Waals surface area (Å²) in [5, 5.41) is 7.79. The van der Waals surface area contributed by atoms with Crippen LogP contribution in [0.2, 0.25) is 5.02 Å². The highest BCUT2D eigenvalue weighted by molar-refractivity contribution is 7.89. The first-order valence-electron chi connectivity index (χ1n) is 10.3. The summed E-state index contributed by atoms with van der Waals surface area (Å²) in [5.74, 6) is -0.164. The van der Waals surface area contributed by atoms with Gasteiger partial charge in [-0.15, -0.1) is 5.10 Å². The largest absolute Gasteiger partial charge is 0.466 e. The van der Waals surface area contributed by atoms with Crippen molar-refractivity contribution in [1.29, 1.82) is 0 Å². The van der Waals surface area contributed by atoms with Crippen LogP contribution in [0, 0.1) is 13.8 Å². The zero-order valence-corrected chi connectivity index (χ0v) is 20.0. The monoisotopic (exact) mass is 493 g/mol. The van der Waals surface area contributed by atoms with Crippen molar-refractivity contribution in [2.24, 2.45) is 7.05 Å². The summed E-state index contributed by atoms with van der Waals surface area (Å²) in [7, 11) is -2.06. The Balaban J connectivity index is 1.49. The van der Waals surface area contributed by atoms with E-state index in [0.29, 0.717) is 30.4 Å². The van der Waals surface area contributed by atoms with Gasteiger partial charge in [0.1, 0.15) is 4.90 Å². The van der Waals surface area contributed by atoms with Crippen molar-refractivity contribution in [2.45, 2.75) is 18.7 Å². The van der Waals surface area contributed by atoms with Crippen LogP contribution in [0.4, 0.5) is 5.69 Å². The molecule has 4 rings (SSSR count). The summed E-state index contributed by atoms with van der Waals surface area (Å²) in [6.07, 6.45) is 0. The van der Waals surface area contributed by atoms with E-state index >= 15 is 0 Å². The van der Waals surface area contributed by atoms with Crippen LogP contribution in [0.15, 0.2) is 29.2 Å². The van der Waals surface area contributed by atoms with Crippen molar-refractivity contribution >= 4 is 44.3 Å². The third-order valence-corrected chi connectivity index (χ3v) is 7.61. The Hall–Kier alpha value is -2.73. The predicted octanol–water partition coefficient (Wildman–Crippen LogP) is 2.28. The van der Waals surface area contributed by atoms with Crippen LogP contribution in [0.3, 0.4) is 0 Å². The van der Waals surface area contributed by atoms with E-state index in [1.807, 2.05) is 19.9 Å². The number of aryl methyl sites for hydroxylation is 3. The van der Waals surface area contributed by atoms with Gasteiger partial charge in [0, 0.05) is 31.5 Å². The Bertz CT molecular complexity index is 1320. The number of rotatable bonds is 6. The molecule has 3 heterocycles. The number of carbonyl (C=O) groups is 1. The SMILES string of the molecule is Cc1cc(C)c2c(OCC(=O)Nc3ccc(Cl)c(S(=O)(=O)N4CCOCC4)c3)nn(C)c2n1. The molecule has 1 aromatic carbocycles.